The Morgan fingerprint density at radius 3 is 2.95 bits per heavy atom. The number of fused-ring (bicyclic) bond motifs is 1. The lowest BCUT2D eigenvalue weighted by molar-refractivity contribution is -0.136. The first-order valence-electron chi connectivity index (χ1n) is 6.16. The summed E-state index contributed by atoms with van der Waals surface area (Å²) in [7, 11) is 0. The van der Waals surface area contributed by atoms with Crippen LogP contribution in [0.4, 0.5) is 0 Å². The molecule has 4 heteroatoms. The lowest BCUT2D eigenvalue weighted by Crippen LogP contribution is -2.00. The van der Waals surface area contributed by atoms with Crippen molar-refractivity contribution < 1.29 is 14.6 Å². The van der Waals surface area contributed by atoms with Gasteiger partial charge in [-0.05, 0) is 23.3 Å². The number of carboxylic acid groups (broad SMARTS) is 1. The molecule has 0 saturated heterocycles. The first-order chi connectivity index (χ1) is 9.24. The van der Waals surface area contributed by atoms with Crippen LogP contribution in [0.3, 0.4) is 0 Å². The highest BCUT2D eigenvalue weighted by Crippen LogP contribution is 2.35. The zero-order chi connectivity index (χ0) is 13.2. The highest BCUT2D eigenvalue weighted by Gasteiger charge is 2.17. The van der Waals surface area contributed by atoms with Crippen LogP contribution >= 0.6 is 0 Å². The summed E-state index contributed by atoms with van der Waals surface area (Å²) >= 11 is 0. The maximum absolute atomic E-state index is 10.6. The Bertz CT molecular complexity index is 620. The molecule has 0 unspecified atom stereocenters. The van der Waals surface area contributed by atoms with Crippen LogP contribution in [-0.2, 0) is 17.6 Å². The molecular formula is C15H13NO3. The molecule has 0 fully saturated rings. The summed E-state index contributed by atoms with van der Waals surface area (Å²) < 4.78 is 5.64. The molecule has 2 aromatic rings. The van der Waals surface area contributed by atoms with E-state index in [0.29, 0.717) is 12.2 Å². The van der Waals surface area contributed by atoms with E-state index in [9.17, 15) is 4.79 Å². The van der Waals surface area contributed by atoms with Crippen LogP contribution in [0.5, 0.6) is 5.75 Å². The molecule has 1 aliphatic heterocycles. The predicted molar refractivity (Wildman–Crippen MR) is 70.2 cm³/mol. The Morgan fingerprint density at radius 2 is 2.21 bits per heavy atom. The van der Waals surface area contributed by atoms with Gasteiger partial charge in [0.15, 0.2) is 0 Å². The number of rotatable bonds is 3. The van der Waals surface area contributed by atoms with Crippen LogP contribution in [-0.4, -0.2) is 22.7 Å². The van der Waals surface area contributed by atoms with Crippen molar-refractivity contribution in [1.82, 2.24) is 4.98 Å². The second-order valence-electron chi connectivity index (χ2n) is 4.51. The Labute approximate surface area is 110 Å². The van der Waals surface area contributed by atoms with Crippen molar-refractivity contribution >= 4 is 5.97 Å². The summed E-state index contributed by atoms with van der Waals surface area (Å²) in [5, 5.41) is 8.73. The number of nitrogens with zero attached hydrogens (tertiary/aromatic N) is 1. The Balaban J connectivity index is 1.95. The minimum absolute atomic E-state index is 0.00330. The fourth-order valence-electron chi connectivity index (χ4n) is 2.28. The molecule has 0 saturated carbocycles. The molecule has 0 amide bonds. The summed E-state index contributed by atoms with van der Waals surface area (Å²) in [6.45, 7) is 0.712. The highest BCUT2D eigenvalue weighted by atomic mass is 16.5. The average Bonchev–Trinajstić information content (AvgIpc) is 2.87. The number of para-hydroxylation sites is 1. The van der Waals surface area contributed by atoms with Crippen LogP contribution in [0.25, 0.3) is 11.3 Å². The van der Waals surface area contributed by atoms with Crippen LogP contribution in [0.1, 0.15) is 11.1 Å². The van der Waals surface area contributed by atoms with Crippen LogP contribution in [0.2, 0.25) is 0 Å². The number of hydrogen-bond donors (Lipinski definition) is 1. The molecule has 0 bridgehead atoms. The van der Waals surface area contributed by atoms with Gasteiger partial charge in [-0.1, -0.05) is 18.2 Å². The van der Waals surface area contributed by atoms with Gasteiger partial charge >= 0.3 is 5.97 Å². The molecule has 4 nitrogen and oxygen atoms in total. The quantitative estimate of drug-likeness (QED) is 0.914. The minimum atomic E-state index is -0.849. The van der Waals surface area contributed by atoms with E-state index in [1.54, 1.807) is 12.3 Å². The number of hydrogen-bond acceptors (Lipinski definition) is 3. The van der Waals surface area contributed by atoms with Crippen molar-refractivity contribution in [2.75, 3.05) is 6.61 Å². The number of aromatic nitrogens is 1. The maximum Gasteiger partial charge on any atom is 0.307 e. The highest BCUT2D eigenvalue weighted by molar-refractivity contribution is 5.72. The van der Waals surface area contributed by atoms with Crippen LogP contribution in [0.15, 0.2) is 36.5 Å². The second kappa shape index (κ2) is 4.72. The molecular weight excluding hydrogens is 242 g/mol. The molecule has 0 atom stereocenters. The number of benzene rings is 1. The fraction of sp³-hybridized carbons (Fsp3) is 0.200. The smallest absolute Gasteiger partial charge is 0.307 e. The normalized spacial score (nSPS) is 12.8. The average molecular weight is 255 g/mol. The molecule has 1 aromatic heterocycles. The van der Waals surface area contributed by atoms with E-state index in [1.807, 2.05) is 18.2 Å². The first kappa shape index (κ1) is 11.7. The van der Waals surface area contributed by atoms with Gasteiger partial charge in [0.25, 0.3) is 0 Å². The molecule has 1 N–H and O–H groups in total. The van der Waals surface area contributed by atoms with Gasteiger partial charge in [0.05, 0.1) is 18.7 Å². The monoisotopic (exact) mass is 255 g/mol. The Hall–Kier alpha value is -2.36. The topological polar surface area (TPSA) is 59.4 Å². The maximum atomic E-state index is 10.6. The molecule has 0 radical (unpaired) electrons. The third kappa shape index (κ3) is 2.29. The molecule has 1 aromatic carbocycles. The van der Waals surface area contributed by atoms with Gasteiger partial charge in [-0.2, -0.15) is 0 Å². The van der Waals surface area contributed by atoms with Crippen molar-refractivity contribution in [2.24, 2.45) is 0 Å². The lowest BCUT2D eigenvalue weighted by Gasteiger charge is -2.07. The van der Waals surface area contributed by atoms with Crippen molar-refractivity contribution in [3.8, 4) is 17.0 Å². The number of carbonyl (C=O) groups is 1. The molecule has 2 heterocycles. The SMILES string of the molecule is O=C(O)Cc1ccc(-c2cccc3c2OCC3)nc1. The van der Waals surface area contributed by atoms with Crippen molar-refractivity contribution in [3.05, 3.63) is 47.7 Å². The van der Waals surface area contributed by atoms with E-state index < -0.39 is 5.97 Å². The first-order valence-corrected chi connectivity index (χ1v) is 6.16. The Kier molecular flexibility index (Phi) is 2.91. The summed E-state index contributed by atoms with van der Waals surface area (Å²) in [5.74, 6) is 0.0551. The van der Waals surface area contributed by atoms with E-state index in [0.717, 1.165) is 23.4 Å². The van der Waals surface area contributed by atoms with E-state index in [-0.39, 0.29) is 6.42 Å². The van der Waals surface area contributed by atoms with Gasteiger partial charge < -0.3 is 9.84 Å². The van der Waals surface area contributed by atoms with E-state index in [4.69, 9.17) is 9.84 Å². The number of carboxylic acids is 1. The molecule has 19 heavy (non-hydrogen) atoms. The predicted octanol–water partition coefficient (Wildman–Crippen LogP) is 2.31. The summed E-state index contributed by atoms with van der Waals surface area (Å²) in [5.41, 5.74) is 3.68. The minimum Gasteiger partial charge on any atom is -0.492 e. The number of aliphatic carboxylic acids is 1. The van der Waals surface area contributed by atoms with Gasteiger partial charge in [0.2, 0.25) is 0 Å². The third-order valence-electron chi connectivity index (χ3n) is 3.17. The van der Waals surface area contributed by atoms with Gasteiger partial charge in [-0.25, -0.2) is 0 Å². The van der Waals surface area contributed by atoms with Gasteiger partial charge in [-0.3, -0.25) is 9.78 Å². The van der Waals surface area contributed by atoms with Crippen molar-refractivity contribution in [3.63, 3.8) is 0 Å². The zero-order valence-electron chi connectivity index (χ0n) is 10.3. The molecule has 1 aliphatic rings. The van der Waals surface area contributed by atoms with E-state index in [1.165, 1.54) is 5.56 Å². The van der Waals surface area contributed by atoms with E-state index >= 15 is 0 Å². The van der Waals surface area contributed by atoms with Crippen molar-refractivity contribution in [2.45, 2.75) is 12.8 Å². The fourth-order valence-corrected chi connectivity index (χ4v) is 2.28. The lowest BCUT2D eigenvalue weighted by atomic mass is 10.0. The molecule has 0 aliphatic carbocycles. The Morgan fingerprint density at radius 1 is 1.32 bits per heavy atom. The van der Waals surface area contributed by atoms with Crippen LogP contribution in [0, 0.1) is 0 Å². The summed E-state index contributed by atoms with van der Waals surface area (Å²) in [6, 6.07) is 9.67. The summed E-state index contributed by atoms with van der Waals surface area (Å²) in [4.78, 5) is 15.0. The molecule has 3 rings (SSSR count). The third-order valence-corrected chi connectivity index (χ3v) is 3.17. The molecule has 0 spiro atoms. The van der Waals surface area contributed by atoms with Gasteiger partial charge in [0, 0.05) is 18.2 Å². The largest absolute Gasteiger partial charge is 0.492 e. The zero-order valence-corrected chi connectivity index (χ0v) is 10.3. The summed E-state index contributed by atoms with van der Waals surface area (Å²) in [6.07, 6.45) is 2.54. The second-order valence-corrected chi connectivity index (χ2v) is 4.51. The van der Waals surface area contributed by atoms with E-state index in [2.05, 4.69) is 11.1 Å². The van der Waals surface area contributed by atoms with Gasteiger partial charge in [0.1, 0.15) is 5.75 Å². The number of pyridine rings is 1. The van der Waals surface area contributed by atoms with Crippen molar-refractivity contribution in [1.29, 1.82) is 0 Å². The number of ether oxygens (including phenoxy) is 1. The molecule has 96 valence electrons. The standard InChI is InChI=1S/C15H13NO3/c17-14(18)8-10-4-5-13(16-9-10)12-3-1-2-11-6-7-19-15(11)12/h1-5,9H,6-8H2,(H,17,18). The van der Waals surface area contributed by atoms with Crippen LogP contribution < -0.4 is 4.74 Å². The van der Waals surface area contributed by atoms with Gasteiger partial charge in [-0.15, -0.1) is 0 Å².